The van der Waals surface area contributed by atoms with E-state index in [2.05, 4.69) is 46.6 Å². The van der Waals surface area contributed by atoms with Gasteiger partial charge >= 0.3 is 0 Å². The molecule has 5 heterocycles. The first-order chi connectivity index (χ1) is 16.1. The first-order valence-electron chi connectivity index (χ1n) is 11.0. The van der Waals surface area contributed by atoms with Gasteiger partial charge in [-0.2, -0.15) is 15.1 Å². The van der Waals surface area contributed by atoms with Crippen molar-refractivity contribution in [1.29, 1.82) is 0 Å². The van der Waals surface area contributed by atoms with Crippen LogP contribution in [0.3, 0.4) is 0 Å². The van der Waals surface area contributed by atoms with Crippen molar-refractivity contribution in [3.8, 4) is 0 Å². The number of fused-ring (bicyclic) bond motifs is 1. The zero-order chi connectivity index (χ0) is 22.4. The van der Waals surface area contributed by atoms with Gasteiger partial charge in [-0.25, -0.2) is 0 Å². The number of carbonyl (C=O) groups is 1. The maximum absolute atomic E-state index is 12.3. The molecule has 4 aromatic rings. The van der Waals surface area contributed by atoms with Crippen LogP contribution in [0, 0.1) is 0 Å². The van der Waals surface area contributed by atoms with E-state index in [9.17, 15) is 4.79 Å². The number of pyridine rings is 1. The van der Waals surface area contributed by atoms with E-state index in [0.717, 1.165) is 48.0 Å². The molecule has 2 fully saturated rings. The van der Waals surface area contributed by atoms with Crippen LogP contribution in [0.15, 0.2) is 47.2 Å². The summed E-state index contributed by atoms with van der Waals surface area (Å²) in [5, 5.41) is 13.3. The number of anilines is 3. The number of hydrogen-bond donors (Lipinski definition) is 3. The largest absolute Gasteiger partial charge is 0.348 e. The fourth-order valence-electron chi connectivity index (χ4n) is 4.16. The van der Waals surface area contributed by atoms with Crippen LogP contribution < -0.4 is 15.5 Å². The van der Waals surface area contributed by atoms with Gasteiger partial charge in [0.05, 0.1) is 11.7 Å². The van der Waals surface area contributed by atoms with Gasteiger partial charge in [0.15, 0.2) is 5.82 Å². The average Bonchev–Trinajstić information content (AvgIpc) is 3.20. The zero-order valence-corrected chi connectivity index (χ0v) is 19.3. The lowest BCUT2D eigenvalue weighted by atomic mass is 10.1. The van der Waals surface area contributed by atoms with Gasteiger partial charge in [-0.3, -0.25) is 19.3 Å². The molecule has 0 spiro atoms. The summed E-state index contributed by atoms with van der Waals surface area (Å²) in [5.41, 5.74) is 2.19. The van der Waals surface area contributed by atoms with Gasteiger partial charge in [-0.1, -0.05) is 6.07 Å². The van der Waals surface area contributed by atoms with Crippen molar-refractivity contribution in [2.45, 2.75) is 37.8 Å². The van der Waals surface area contributed by atoms with Gasteiger partial charge in [0.25, 0.3) is 5.91 Å². The lowest BCUT2D eigenvalue weighted by Crippen LogP contribution is -2.26. The lowest BCUT2D eigenvalue weighted by molar-refractivity contribution is 0.0946. The molecule has 6 rings (SSSR count). The summed E-state index contributed by atoms with van der Waals surface area (Å²) in [6.07, 6.45) is 7.83. The molecular formula is C22H22BrN9O. The fraction of sp³-hybridized carbons (Fsp3) is 0.318. The van der Waals surface area contributed by atoms with Crippen LogP contribution in [0.4, 0.5) is 17.7 Å². The highest BCUT2D eigenvalue weighted by molar-refractivity contribution is 9.10. The number of amides is 1. The molecule has 3 N–H and O–H groups in total. The van der Waals surface area contributed by atoms with Crippen LogP contribution in [0.25, 0.3) is 5.65 Å². The third-order valence-electron chi connectivity index (χ3n) is 5.93. The van der Waals surface area contributed by atoms with Crippen molar-refractivity contribution in [1.82, 2.24) is 34.9 Å². The van der Waals surface area contributed by atoms with E-state index >= 15 is 0 Å². The van der Waals surface area contributed by atoms with Crippen LogP contribution in [-0.2, 0) is 0 Å². The Hall–Kier alpha value is -3.47. The van der Waals surface area contributed by atoms with Crippen LogP contribution in [0.1, 0.15) is 47.9 Å². The molecule has 168 valence electrons. The van der Waals surface area contributed by atoms with Crippen molar-refractivity contribution >= 4 is 45.2 Å². The number of aromatic amines is 1. The van der Waals surface area contributed by atoms with Gasteiger partial charge in [0, 0.05) is 35.5 Å². The van der Waals surface area contributed by atoms with Crippen LogP contribution in [0.2, 0.25) is 0 Å². The third-order valence-corrected chi connectivity index (χ3v) is 6.36. The summed E-state index contributed by atoms with van der Waals surface area (Å²) in [6, 6.07) is 10.0. The molecule has 1 atom stereocenters. The fourth-order valence-corrected chi connectivity index (χ4v) is 4.57. The first kappa shape index (κ1) is 20.2. The Balaban J connectivity index is 1.33. The van der Waals surface area contributed by atoms with E-state index in [1.54, 1.807) is 6.07 Å². The second kappa shape index (κ2) is 8.14. The monoisotopic (exact) mass is 507 g/mol. The molecule has 1 saturated heterocycles. The molecule has 4 aromatic heterocycles. The standard InChI is InChI=1S/C22H22BrN9O/c23-13-10-19-27-22(31-9-3-5-17(31)15-4-1-2-8-24-15)28-21(32(19)12-13)26-18-11-16(29-30-18)20(33)25-14-6-7-14/h1-2,4,8,10-12,14,17H,3,5-7,9H2,(H,25,33)(H2,26,27,28,29,30). The van der Waals surface area contributed by atoms with Gasteiger partial charge in [-0.05, 0) is 59.8 Å². The summed E-state index contributed by atoms with van der Waals surface area (Å²) in [7, 11) is 0. The minimum Gasteiger partial charge on any atom is -0.348 e. The number of carbonyl (C=O) groups excluding carboxylic acids is 1. The highest BCUT2D eigenvalue weighted by Gasteiger charge is 2.30. The molecular weight excluding hydrogens is 486 g/mol. The van der Waals surface area contributed by atoms with Gasteiger partial charge in [-0.15, -0.1) is 0 Å². The molecule has 1 aliphatic carbocycles. The number of halogens is 1. The van der Waals surface area contributed by atoms with E-state index in [1.807, 2.05) is 41.1 Å². The molecule has 33 heavy (non-hydrogen) atoms. The number of nitrogens with one attached hydrogen (secondary N) is 3. The van der Waals surface area contributed by atoms with E-state index in [-0.39, 0.29) is 18.0 Å². The second-order valence-electron chi connectivity index (χ2n) is 8.38. The third kappa shape index (κ3) is 4.04. The van der Waals surface area contributed by atoms with Crippen molar-refractivity contribution in [2.75, 3.05) is 16.8 Å². The molecule has 0 aromatic carbocycles. The SMILES string of the molecule is O=C(NC1CC1)c1cc(Nc2nc(N3CCCC3c3ccccn3)nc3cc(Br)cn23)n[nH]1. The van der Waals surface area contributed by atoms with E-state index in [1.165, 1.54) is 0 Å². The smallest absolute Gasteiger partial charge is 0.269 e. The van der Waals surface area contributed by atoms with Crippen molar-refractivity contribution in [2.24, 2.45) is 0 Å². The number of aromatic nitrogens is 6. The zero-order valence-electron chi connectivity index (χ0n) is 17.7. The van der Waals surface area contributed by atoms with Crippen LogP contribution in [-0.4, -0.2) is 48.0 Å². The Morgan fingerprint density at radius 2 is 2.09 bits per heavy atom. The second-order valence-corrected chi connectivity index (χ2v) is 9.30. The Bertz CT molecular complexity index is 1310. The number of H-pyrrole nitrogens is 1. The van der Waals surface area contributed by atoms with Crippen molar-refractivity contribution < 1.29 is 4.79 Å². The predicted molar refractivity (Wildman–Crippen MR) is 127 cm³/mol. The van der Waals surface area contributed by atoms with Crippen LogP contribution in [0.5, 0.6) is 0 Å². The maximum atomic E-state index is 12.3. The maximum Gasteiger partial charge on any atom is 0.269 e. The Labute approximate surface area is 198 Å². The topological polar surface area (TPSA) is 116 Å². The Morgan fingerprint density at radius 3 is 2.91 bits per heavy atom. The highest BCUT2D eigenvalue weighted by Crippen LogP contribution is 2.34. The Morgan fingerprint density at radius 1 is 1.18 bits per heavy atom. The number of rotatable bonds is 6. The minimum absolute atomic E-state index is 0.128. The van der Waals surface area contributed by atoms with E-state index in [0.29, 0.717) is 23.4 Å². The summed E-state index contributed by atoms with van der Waals surface area (Å²) in [5.74, 6) is 1.55. The van der Waals surface area contributed by atoms with Gasteiger partial charge in [0.2, 0.25) is 11.9 Å². The predicted octanol–water partition coefficient (Wildman–Crippen LogP) is 3.59. The minimum atomic E-state index is -0.148. The summed E-state index contributed by atoms with van der Waals surface area (Å²) < 4.78 is 2.75. The number of nitrogens with zero attached hydrogens (tertiary/aromatic N) is 6. The quantitative estimate of drug-likeness (QED) is 0.365. The normalized spacial score (nSPS) is 18.1. The molecule has 10 nitrogen and oxygen atoms in total. The molecule has 1 unspecified atom stereocenters. The Kier molecular flexibility index (Phi) is 4.97. The lowest BCUT2D eigenvalue weighted by Gasteiger charge is -2.24. The van der Waals surface area contributed by atoms with Crippen molar-refractivity contribution in [3.05, 3.63) is 58.6 Å². The number of hydrogen-bond acceptors (Lipinski definition) is 7. The molecule has 0 radical (unpaired) electrons. The molecule has 0 bridgehead atoms. The molecule has 11 heteroatoms. The van der Waals surface area contributed by atoms with Crippen LogP contribution >= 0.6 is 15.9 Å². The molecule has 1 saturated carbocycles. The summed E-state index contributed by atoms with van der Waals surface area (Å²) in [6.45, 7) is 0.854. The summed E-state index contributed by atoms with van der Waals surface area (Å²) >= 11 is 3.54. The molecule has 1 amide bonds. The first-order valence-corrected chi connectivity index (χ1v) is 11.8. The van der Waals surface area contributed by atoms with E-state index < -0.39 is 0 Å². The summed E-state index contributed by atoms with van der Waals surface area (Å²) in [4.78, 5) is 28.7. The van der Waals surface area contributed by atoms with Gasteiger partial charge in [0.1, 0.15) is 11.3 Å². The highest BCUT2D eigenvalue weighted by atomic mass is 79.9. The van der Waals surface area contributed by atoms with Crippen molar-refractivity contribution in [3.63, 3.8) is 0 Å². The molecule has 1 aliphatic heterocycles. The molecule has 2 aliphatic rings. The van der Waals surface area contributed by atoms with Gasteiger partial charge < -0.3 is 15.5 Å². The van der Waals surface area contributed by atoms with E-state index in [4.69, 9.17) is 9.97 Å². The average molecular weight is 508 g/mol.